The Labute approximate surface area is 135 Å². The van der Waals surface area contributed by atoms with Gasteiger partial charge >= 0.3 is 0 Å². The second-order valence-electron chi connectivity index (χ2n) is 5.88. The summed E-state index contributed by atoms with van der Waals surface area (Å²) in [7, 11) is -3.36. The number of amides is 1. The summed E-state index contributed by atoms with van der Waals surface area (Å²) < 4.78 is 25.2. The molecular formula is C16H19N3O3S. The monoisotopic (exact) mass is 333 g/mol. The lowest BCUT2D eigenvalue weighted by Gasteiger charge is -2.09. The van der Waals surface area contributed by atoms with Crippen LogP contribution in [0.4, 0.5) is 5.69 Å². The average molecular weight is 333 g/mol. The molecule has 1 saturated carbocycles. The van der Waals surface area contributed by atoms with Crippen LogP contribution in [0.2, 0.25) is 0 Å². The molecule has 0 atom stereocenters. The minimum absolute atomic E-state index is 0.0125. The summed E-state index contributed by atoms with van der Waals surface area (Å²) >= 11 is 0. The van der Waals surface area contributed by atoms with Crippen molar-refractivity contribution in [2.75, 3.05) is 11.6 Å². The third-order valence-corrected chi connectivity index (χ3v) is 5.23. The van der Waals surface area contributed by atoms with Gasteiger partial charge in [0.25, 0.3) is 0 Å². The van der Waals surface area contributed by atoms with E-state index < -0.39 is 9.84 Å². The smallest absolute Gasteiger partial charge is 0.227 e. The molecule has 1 fully saturated rings. The Morgan fingerprint density at radius 1 is 1.26 bits per heavy atom. The Hall–Kier alpha value is -2.15. The van der Waals surface area contributed by atoms with Crippen LogP contribution in [0, 0.1) is 5.92 Å². The number of nitrogens with one attached hydrogen (secondary N) is 1. The van der Waals surface area contributed by atoms with Crippen LogP contribution < -0.4 is 5.32 Å². The average Bonchev–Trinajstić information content (AvgIpc) is 3.18. The second-order valence-corrected chi connectivity index (χ2v) is 7.87. The van der Waals surface area contributed by atoms with Gasteiger partial charge in [0.05, 0.1) is 28.7 Å². The van der Waals surface area contributed by atoms with Crippen LogP contribution in [0.25, 0.3) is 5.69 Å². The Bertz CT molecular complexity index is 821. The van der Waals surface area contributed by atoms with Gasteiger partial charge in [0.1, 0.15) is 0 Å². The van der Waals surface area contributed by atoms with Crippen molar-refractivity contribution in [2.24, 2.45) is 5.92 Å². The predicted molar refractivity (Wildman–Crippen MR) is 87.3 cm³/mol. The third kappa shape index (κ3) is 3.44. The van der Waals surface area contributed by atoms with E-state index in [1.54, 1.807) is 30.5 Å². The van der Waals surface area contributed by atoms with Gasteiger partial charge in [-0.3, -0.25) is 4.79 Å². The lowest BCUT2D eigenvalue weighted by atomic mass is 10.1. The quantitative estimate of drug-likeness (QED) is 0.931. The van der Waals surface area contributed by atoms with E-state index in [4.69, 9.17) is 0 Å². The van der Waals surface area contributed by atoms with Gasteiger partial charge in [-0.1, -0.05) is 25.0 Å². The highest BCUT2D eigenvalue weighted by molar-refractivity contribution is 7.90. The minimum atomic E-state index is -3.36. The van der Waals surface area contributed by atoms with Crippen LogP contribution in [0.3, 0.4) is 0 Å². The van der Waals surface area contributed by atoms with E-state index in [-0.39, 0.29) is 16.7 Å². The fourth-order valence-electron chi connectivity index (χ4n) is 2.91. The fraction of sp³-hybridized carbons (Fsp3) is 0.375. The maximum atomic E-state index is 12.1. The molecule has 1 amide bonds. The number of sulfone groups is 1. The molecule has 0 saturated heterocycles. The molecule has 2 aromatic rings. The summed E-state index contributed by atoms with van der Waals surface area (Å²) in [4.78, 5) is 12.3. The molecule has 1 aliphatic carbocycles. The second kappa shape index (κ2) is 6.16. The molecule has 23 heavy (non-hydrogen) atoms. The molecule has 1 aromatic heterocycles. The normalized spacial score (nSPS) is 15.7. The van der Waals surface area contributed by atoms with E-state index in [2.05, 4.69) is 10.4 Å². The number of nitrogens with zero attached hydrogens (tertiary/aromatic N) is 2. The number of anilines is 1. The molecule has 122 valence electrons. The predicted octanol–water partition coefficient (Wildman–Crippen LogP) is 2.40. The highest BCUT2D eigenvalue weighted by Gasteiger charge is 2.23. The standard InChI is InChI=1S/C16H19N3O3S/c1-23(21,22)15-9-5-4-8-14(15)19-11-13(10-17-19)18-16(20)12-6-2-3-7-12/h4-5,8-12H,2-3,6-7H2,1H3,(H,18,20). The topological polar surface area (TPSA) is 81.1 Å². The first-order chi connectivity index (χ1) is 10.9. The van der Waals surface area contributed by atoms with Crippen LogP contribution >= 0.6 is 0 Å². The highest BCUT2D eigenvalue weighted by atomic mass is 32.2. The van der Waals surface area contributed by atoms with Gasteiger partial charge in [-0.05, 0) is 25.0 Å². The van der Waals surface area contributed by atoms with Crippen LogP contribution in [0.5, 0.6) is 0 Å². The molecular weight excluding hydrogens is 314 g/mol. The van der Waals surface area contributed by atoms with Gasteiger partial charge in [0.15, 0.2) is 9.84 Å². The first-order valence-corrected chi connectivity index (χ1v) is 9.49. The molecule has 0 spiro atoms. The zero-order chi connectivity index (χ0) is 16.4. The van der Waals surface area contributed by atoms with Crippen molar-refractivity contribution in [3.63, 3.8) is 0 Å². The Kier molecular flexibility index (Phi) is 4.21. The molecule has 3 rings (SSSR count). The van der Waals surface area contributed by atoms with E-state index in [0.29, 0.717) is 11.4 Å². The van der Waals surface area contributed by atoms with Crippen molar-refractivity contribution in [1.82, 2.24) is 9.78 Å². The number of para-hydroxylation sites is 1. The number of benzene rings is 1. The maximum absolute atomic E-state index is 12.1. The summed E-state index contributed by atoms with van der Waals surface area (Å²) in [6.07, 6.45) is 8.38. The lowest BCUT2D eigenvalue weighted by molar-refractivity contribution is -0.119. The first kappa shape index (κ1) is 15.7. The summed E-state index contributed by atoms with van der Waals surface area (Å²) in [6.45, 7) is 0. The summed E-state index contributed by atoms with van der Waals surface area (Å²) in [6, 6.07) is 6.66. The molecule has 1 N–H and O–H groups in total. The van der Waals surface area contributed by atoms with Crippen LogP contribution in [-0.2, 0) is 14.6 Å². The van der Waals surface area contributed by atoms with E-state index in [1.165, 1.54) is 10.9 Å². The number of hydrogen-bond acceptors (Lipinski definition) is 4. The molecule has 1 aromatic carbocycles. The number of hydrogen-bond donors (Lipinski definition) is 1. The number of aromatic nitrogens is 2. The minimum Gasteiger partial charge on any atom is -0.323 e. The fourth-order valence-corrected chi connectivity index (χ4v) is 3.78. The molecule has 6 nitrogen and oxygen atoms in total. The summed E-state index contributed by atoms with van der Waals surface area (Å²) in [5.74, 6) is 0.0834. The molecule has 0 aliphatic heterocycles. The van der Waals surface area contributed by atoms with Gasteiger partial charge in [-0.25, -0.2) is 13.1 Å². The zero-order valence-electron chi connectivity index (χ0n) is 12.9. The van der Waals surface area contributed by atoms with Gasteiger partial charge < -0.3 is 5.32 Å². The van der Waals surface area contributed by atoms with Crippen molar-refractivity contribution >= 4 is 21.4 Å². The van der Waals surface area contributed by atoms with E-state index in [9.17, 15) is 13.2 Å². The number of carbonyl (C=O) groups is 1. The molecule has 1 heterocycles. The third-order valence-electron chi connectivity index (χ3n) is 4.09. The molecule has 0 radical (unpaired) electrons. The van der Waals surface area contributed by atoms with Crippen molar-refractivity contribution < 1.29 is 13.2 Å². The van der Waals surface area contributed by atoms with Gasteiger partial charge in [0.2, 0.25) is 5.91 Å². The Morgan fingerprint density at radius 3 is 2.65 bits per heavy atom. The molecule has 1 aliphatic rings. The van der Waals surface area contributed by atoms with Crippen LogP contribution in [-0.4, -0.2) is 30.4 Å². The molecule has 0 unspecified atom stereocenters. The van der Waals surface area contributed by atoms with Gasteiger partial charge in [-0.15, -0.1) is 0 Å². The van der Waals surface area contributed by atoms with Crippen molar-refractivity contribution in [3.05, 3.63) is 36.7 Å². The number of rotatable bonds is 4. The first-order valence-electron chi connectivity index (χ1n) is 7.60. The molecule has 7 heteroatoms. The lowest BCUT2D eigenvalue weighted by Crippen LogP contribution is -2.19. The number of carbonyl (C=O) groups excluding carboxylic acids is 1. The van der Waals surface area contributed by atoms with Crippen molar-refractivity contribution in [1.29, 1.82) is 0 Å². The Balaban J connectivity index is 1.84. The summed E-state index contributed by atoms with van der Waals surface area (Å²) in [5, 5.41) is 7.04. The molecule has 0 bridgehead atoms. The SMILES string of the molecule is CS(=O)(=O)c1ccccc1-n1cc(NC(=O)C2CCCC2)cn1. The summed E-state index contributed by atoms with van der Waals surface area (Å²) in [5.41, 5.74) is 1.04. The largest absolute Gasteiger partial charge is 0.323 e. The van der Waals surface area contributed by atoms with Crippen LogP contribution in [0.1, 0.15) is 25.7 Å². The van der Waals surface area contributed by atoms with Gasteiger partial charge in [-0.2, -0.15) is 5.10 Å². The van der Waals surface area contributed by atoms with Crippen molar-refractivity contribution in [3.8, 4) is 5.69 Å². The van der Waals surface area contributed by atoms with Gasteiger partial charge in [0, 0.05) is 12.2 Å². The van der Waals surface area contributed by atoms with E-state index in [1.807, 2.05) is 0 Å². The zero-order valence-corrected chi connectivity index (χ0v) is 13.7. The highest BCUT2D eigenvalue weighted by Crippen LogP contribution is 2.26. The van der Waals surface area contributed by atoms with E-state index >= 15 is 0 Å². The Morgan fingerprint density at radius 2 is 1.96 bits per heavy atom. The van der Waals surface area contributed by atoms with E-state index in [0.717, 1.165) is 31.9 Å². The van der Waals surface area contributed by atoms with Crippen molar-refractivity contribution in [2.45, 2.75) is 30.6 Å². The maximum Gasteiger partial charge on any atom is 0.227 e. The van der Waals surface area contributed by atoms with Crippen LogP contribution in [0.15, 0.2) is 41.6 Å².